The van der Waals surface area contributed by atoms with Crippen molar-refractivity contribution < 1.29 is 9.53 Å². The number of benzene rings is 3. The van der Waals surface area contributed by atoms with Crippen molar-refractivity contribution in [2.24, 2.45) is 4.99 Å². The van der Waals surface area contributed by atoms with Crippen LogP contribution in [0.1, 0.15) is 19.8 Å². The predicted octanol–water partition coefficient (Wildman–Crippen LogP) is 4.46. The monoisotopic (exact) mass is 583 g/mol. The van der Waals surface area contributed by atoms with Gasteiger partial charge in [0, 0.05) is 24.6 Å². The van der Waals surface area contributed by atoms with Crippen LogP contribution in [0.15, 0.2) is 93.5 Å². The number of hydrogen-bond donors (Lipinski definition) is 1. The van der Waals surface area contributed by atoms with Crippen LogP contribution in [0.5, 0.6) is 5.75 Å². The number of hydrogen-bond acceptors (Lipinski definition) is 7. The van der Waals surface area contributed by atoms with Gasteiger partial charge in [0.2, 0.25) is 0 Å². The molecule has 3 aromatic carbocycles. The Bertz CT molecular complexity index is 1830. The molecular formula is C31H29N5O3S2. The van der Waals surface area contributed by atoms with E-state index in [-0.39, 0.29) is 11.5 Å². The van der Waals surface area contributed by atoms with E-state index in [0.717, 1.165) is 34.2 Å². The van der Waals surface area contributed by atoms with Crippen LogP contribution in [0, 0.1) is 0 Å². The molecule has 0 atom stereocenters. The van der Waals surface area contributed by atoms with Gasteiger partial charge in [-0.15, -0.1) is 11.3 Å². The van der Waals surface area contributed by atoms with E-state index in [1.54, 1.807) is 23.4 Å². The SMILES string of the molecule is CCCCn1c(=C2C(=O)N(c3ccccc3)NC2=Nc2ccccc2)s/c(=C2\Sc3ccc(OC)cc3N2C)c1=O. The molecule has 1 saturated heterocycles. The number of amidine groups is 1. The van der Waals surface area contributed by atoms with E-state index in [1.165, 1.54) is 16.3 Å². The lowest BCUT2D eigenvalue weighted by Crippen LogP contribution is -2.36. The quantitative estimate of drug-likeness (QED) is 0.361. The molecule has 0 spiro atoms. The number of aliphatic imine (C=N–C) groups is 1. The predicted molar refractivity (Wildman–Crippen MR) is 167 cm³/mol. The van der Waals surface area contributed by atoms with Crippen LogP contribution in [-0.4, -0.2) is 30.5 Å². The number of unbranched alkanes of at least 4 members (excludes halogenated alkanes) is 1. The van der Waals surface area contributed by atoms with Crippen molar-refractivity contribution >= 4 is 62.5 Å². The Kier molecular flexibility index (Phi) is 7.42. The lowest BCUT2D eigenvalue weighted by atomic mass is 10.2. The first kappa shape index (κ1) is 26.9. The molecule has 2 aliphatic heterocycles. The Labute approximate surface area is 245 Å². The Hall–Kier alpha value is -4.28. The molecule has 1 aromatic heterocycles. The fraction of sp³-hybridized carbons (Fsp3) is 0.194. The number of amides is 1. The summed E-state index contributed by atoms with van der Waals surface area (Å²) in [5.41, 5.74) is 5.88. The van der Waals surface area contributed by atoms with Gasteiger partial charge in [-0.25, -0.2) is 10.0 Å². The zero-order chi connectivity index (χ0) is 28.5. The number of hydrazine groups is 1. The number of thioether (sulfide) groups is 1. The maximum Gasteiger partial charge on any atom is 0.283 e. The van der Waals surface area contributed by atoms with Gasteiger partial charge in [-0.2, -0.15) is 0 Å². The van der Waals surface area contributed by atoms with Crippen LogP contribution in [0.2, 0.25) is 0 Å². The van der Waals surface area contributed by atoms with Gasteiger partial charge in [-0.05, 0) is 42.8 Å². The van der Waals surface area contributed by atoms with Crippen molar-refractivity contribution in [1.82, 2.24) is 9.99 Å². The zero-order valence-corrected chi connectivity index (χ0v) is 24.6. The summed E-state index contributed by atoms with van der Waals surface area (Å²) in [7, 11) is 3.60. The number of carbonyl (C=O) groups excluding carboxylic acids is 1. The first-order valence-electron chi connectivity index (χ1n) is 13.4. The third kappa shape index (κ3) is 4.93. The number of ether oxygens (including phenoxy) is 1. The van der Waals surface area contributed by atoms with Crippen LogP contribution in [0.3, 0.4) is 0 Å². The minimum Gasteiger partial charge on any atom is -0.497 e. The second-order valence-corrected chi connectivity index (χ2v) is 11.6. The molecule has 2 aliphatic rings. The topological polar surface area (TPSA) is 79.2 Å². The fourth-order valence-electron chi connectivity index (χ4n) is 4.79. The standard InChI is InChI=1S/C31H29N5O3S2/c1-4-5-18-35-29(38)26(31-34(2)23-19-22(39-3)16-17-24(23)40-31)41-30(35)25-27(32-20-12-8-6-9-13-20)33-36(28(25)37)21-14-10-7-11-15-21/h6-17,19H,4-5,18H2,1-3H3,(H,32,33)/b30-25?,31-26-. The number of nitrogens with one attached hydrogen (secondary N) is 1. The van der Waals surface area contributed by atoms with Gasteiger partial charge in [0.1, 0.15) is 25.5 Å². The number of methoxy groups -OCH3 is 1. The normalized spacial score (nSPS) is 18.2. The summed E-state index contributed by atoms with van der Waals surface area (Å²) in [5, 5.41) is 2.33. The van der Waals surface area contributed by atoms with Gasteiger partial charge in [0.25, 0.3) is 11.5 Å². The van der Waals surface area contributed by atoms with Crippen LogP contribution in [0.25, 0.3) is 10.6 Å². The minimum absolute atomic E-state index is 0.106. The molecule has 1 amide bonds. The molecule has 3 heterocycles. The van der Waals surface area contributed by atoms with Crippen molar-refractivity contribution in [3.05, 3.63) is 98.4 Å². The molecule has 0 unspecified atom stereocenters. The lowest BCUT2D eigenvalue weighted by molar-refractivity contribution is -0.113. The van der Waals surface area contributed by atoms with E-state index < -0.39 is 0 Å². The number of para-hydroxylation sites is 2. The highest BCUT2D eigenvalue weighted by atomic mass is 32.2. The molecule has 1 fully saturated rings. The third-order valence-corrected chi connectivity index (χ3v) is 9.50. The van der Waals surface area contributed by atoms with E-state index in [9.17, 15) is 9.59 Å². The molecule has 6 rings (SSSR count). The number of thiazole rings is 1. The smallest absolute Gasteiger partial charge is 0.283 e. The Balaban J connectivity index is 1.61. The van der Waals surface area contributed by atoms with Crippen molar-refractivity contribution in [3.63, 3.8) is 0 Å². The average Bonchev–Trinajstić information content (AvgIpc) is 3.62. The minimum atomic E-state index is -0.255. The number of carbonyl (C=O) groups is 1. The molecule has 0 radical (unpaired) electrons. The van der Waals surface area contributed by atoms with Crippen molar-refractivity contribution in [2.75, 3.05) is 24.1 Å². The molecule has 8 nitrogen and oxygen atoms in total. The van der Waals surface area contributed by atoms with E-state index in [0.29, 0.717) is 38.5 Å². The highest BCUT2D eigenvalue weighted by Gasteiger charge is 2.36. The second-order valence-electron chi connectivity index (χ2n) is 9.61. The highest BCUT2D eigenvalue weighted by Crippen LogP contribution is 2.46. The summed E-state index contributed by atoms with van der Waals surface area (Å²) in [6.45, 7) is 2.59. The first-order chi connectivity index (χ1) is 20.0. The first-order valence-corrected chi connectivity index (χ1v) is 15.0. The van der Waals surface area contributed by atoms with Crippen LogP contribution in [-0.2, 0) is 11.3 Å². The molecule has 41 heavy (non-hydrogen) atoms. The van der Waals surface area contributed by atoms with Crippen LogP contribution in [0.4, 0.5) is 17.1 Å². The molecule has 0 saturated carbocycles. The largest absolute Gasteiger partial charge is 0.497 e. The average molecular weight is 584 g/mol. The summed E-state index contributed by atoms with van der Waals surface area (Å²) >= 11 is 2.90. The lowest BCUT2D eigenvalue weighted by Gasteiger charge is -2.14. The highest BCUT2D eigenvalue weighted by molar-refractivity contribution is 8.08. The van der Waals surface area contributed by atoms with Gasteiger partial charge in [-0.1, -0.05) is 61.5 Å². The summed E-state index contributed by atoms with van der Waals surface area (Å²) in [6.07, 6.45) is 1.72. The van der Waals surface area contributed by atoms with Crippen LogP contribution >= 0.6 is 23.1 Å². The number of aromatic nitrogens is 1. The second kappa shape index (κ2) is 11.3. The molecule has 0 aliphatic carbocycles. The van der Waals surface area contributed by atoms with Gasteiger partial charge in [0.15, 0.2) is 5.84 Å². The number of anilines is 2. The van der Waals surface area contributed by atoms with E-state index in [2.05, 4.69) is 12.3 Å². The van der Waals surface area contributed by atoms with Crippen molar-refractivity contribution in [3.8, 4) is 5.75 Å². The molecule has 4 aromatic rings. The fourth-order valence-corrected chi connectivity index (χ4v) is 7.29. The van der Waals surface area contributed by atoms with E-state index >= 15 is 0 Å². The zero-order valence-electron chi connectivity index (χ0n) is 23.0. The van der Waals surface area contributed by atoms with E-state index in [1.807, 2.05) is 90.8 Å². The van der Waals surface area contributed by atoms with E-state index in [4.69, 9.17) is 9.73 Å². The molecule has 208 valence electrons. The van der Waals surface area contributed by atoms with Gasteiger partial charge < -0.3 is 9.64 Å². The van der Waals surface area contributed by atoms with Gasteiger partial charge in [0.05, 0.1) is 24.2 Å². The Morgan fingerprint density at radius 2 is 1.71 bits per heavy atom. The molecule has 1 N–H and O–H groups in total. The summed E-state index contributed by atoms with van der Waals surface area (Å²) < 4.78 is 8.37. The molecule has 0 bridgehead atoms. The molecule has 10 heteroatoms. The summed E-state index contributed by atoms with van der Waals surface area (Å²) in [4.78, 5) is 36.1. The maximum absolute atomic E-state index is 14.1. The van der Waals surface area contributed by atoms with Crippen molar-refractivity contribution in [2.45, 2.75) is 31.2 Å². The van der Waals surface area contributed by atoms with Gasteiger partial charge in [-0.3, -0.25) is 19.6 Å². The maximum atomic E-state index is 14.1. The third-order valence-electron chi connectivity index (χ3n) is 6.95. The molecular weight excluding hydrogens is 555 g/mol. The number of nitrogens with zero attached hydrogens (tertiary/aromatic N) is 4. The summed E-state index contributed by atoms with van der Waals surface area (Å²) in [6, 6.07) is 24.8. The van der Waals surface area contributed by atoms with Crippen molar-refractivity contribution in [1.29, 1.82) is 0 Å². The Morgan fingerprint density at radius 1 is 0.976 bits per heavy atom. The van der Waals surface area contributed by atoms with Crippen LogP contribution < -0.4 is 34.8 Å². The Morgan fingerprint density at radius 3 is 2.41 bits per heavy atom. The number of rotatable bonds is 6. The summed E-state index contributed by atoms with van der Waals surface area (Å²) in [5.74, 6) is 0.911. The number of fused-ring (bicyclic) bond motifs is 1. The van der Waals surface area contributed by atoms with Gasteiger partial charge >= 0.3 is 0 Å².